The third-order valence-corrected chi connectivity index (χ3v) is 4.06. The highest BCUT2D eigenvalue weighted by molar-refractivity contribution is 7.80. The Morgan fingerprint density at radius 2 is 1.82 bits per heavy atom. The molecule has 1 amide bonds. The molecule has 2 rings (SSSR count). The minimum atomic E-state index is -0.455. The summed E-state index contributed by atoms with van der Waals surface area (Å²) >= 11 is 16.9. The number of nitrogens with one attached hydrogen (secondary N) is 2. The van der Waals surface area contributed by atoms with Gasteiger partial charge in [-0.1, -0.05) is 30.1 Å². The second kappa shape index (κ2) is 10.8. The van der Waals surface area contributed by atoms with Crippen LogP contribution in [-0.4, -0.2) is 30.2 Å². The molecule has 0 radical (unpaired) electrons. The van der Waals surface area contributed by atoms with Gasteiger partial charge in [-0.25, -0.2) is 4.79 Å². The van der Waals surface area contributed by atoms with Gasteiger partial charge in [0.15, 0.2) is 11.7 Å². The molecule has 0 aliphatic carbocycles. The summed E-state index contributed by atoms with van der Waals surface area (Å²) in [5, 5.41) is 6.21. The van der Waals surface area contributed by atoms with Gasteiger partial charge in [-0.2, -0.15) is 0 Å². The molecule has 0 atom stereocenters. The van der Waals surface area contributed by atoms with Crippen molar-refractivity contribution in [2.45, 2.75) is 13.3 Å². The molecule has 2 aromatic rings. The maximum atomic E-state index is 11.9. The SMILES string of the molecule is CCCOC(=O)c1ccc(NC(=S)NC(=O)COc2ccc(Cl)cc2Cl)cc1. The van der Waals surface area contributed by atoms with Crippen molar-refractivity contribution in [3.63, 3.8) is 0 Å². The number of hydrogen-bond acceptors (Lipinski definition) is 5. The van der Waals surface area contributed by atoms with Gasteiger partial charge in [0.05, 0.1) is 17.2 Å². The van der Waals surface area contributed by atoms with E-state index in [2.05, 4.69) is 10.6 Å². The lowest BCUT2D eigenvalue weighted by atomic mass is 10.2. The Hall–Kier alpha value is -2.35. The van der Waals surface area contributed by atoms with Crippen LogP contribution in [0.4, 0.5) is 5.69 Å². The van der Waals surface area contributed by atoms with Crippen LogP contribution in [0.25, 0.3) is 0 Å². The normalized spacial score (nSPS) is 10.1. The van der Waals surface area contributed by atoms with Crippen LogP contribution in [0.3, 0.4) is 0 Å². The van der Waals surface area contributed by atoms with Crippen LogP contribution in [0.1, 0.15) is 23.7 Å². The summed E-state index contributed by atoms with van der Waals surface area (Å²) in [6, 6.07) is 11.2. The van der Waals surface area contributed by atoms with Crippen molar-refractivity contribution < 1.29 is 19.1 Å². The predicted octanol–water partition coefficient (Wildman–Crippen LogP) is 4.45. The number of hydrogen-bond donors (Lipinski definition) is 2. The molecule has 2 N–H and O–H groups in total. The van der Waals surface area contributed by atoms with Gasteiger partial charge in [0.2, 0.25) is 0 Å². The molecule has 0 heterocycles. The molecule has 28 heavy (non-hydrogen) atoms. The first-order valence-electron chi connectivity index (χ1n) is 8.35. The molecule has 0 saturated carbocycles. The van der Waals surface area contributed by atoms with E-state index < -0.39 is 5.91 Å². The van der Waals surface area contributed by atoms with Crippen LogP contribution >= 0.6 is 35.4 Å². The van der Waals surface area contributed by atoms with Gasteiger partial charge in [0.1, 0.15) is 5.75 Å². The molecule has 148 valence electrons. The van der Waals surface area contributed by atoms with Crippen molar-refractivity contribution in [3.05, 3.63) is 58.1 Å². The van der Waals surface area contributed by atoms with Gasteiger partial charge in [0, 0.05) is 10.7 Å². The fourth-order valence-corrected chi connectivity index (χ4v) is 2.72. The Bertz CT molecular complexity index is 860. The number of esters is 1. The van der Waals surface area contributed by atoms with Gasteiger partial charge in [0.25, 0.3) is 5.91 Å². The van der Waals surface area contributed by atoms with Crippen molar-refractivity contribution >= 4 is 58.1 Å². The average molecular weight is 441 g/mol. The Morgan fingerprint density at radius 1 is 1.11 bits per heavy atom. The quantitative estimate of drug-likeness (QED) is 0.489. The van der Waals surface area contributed by atoms with E-state index in [1.807, 2.05) is 6.92 Å². The second-order valence-corrected chi connectivity index (χ2v) is 6.83. The zero-order valence-electron chi connectivity index (χ0n) is 15.0. The number of rotatable bonds is 7. The number of amides is 1. The van der Waals surface area contributed by atoms with Gasteiger partial charge >= 0.3 is 5.97 Å². The third kappa shape index (κ3) is 6.99. The van der Waals surface area contributed by atoms with Crippen LogP contribution in [0.2, 0.25) is 10.0 Å². The Labute approximate surface area is 178 Å². The van der Waals surface area contributed by atoms with E-state index in [1.54, 1.807) is 36.4 Å². The van der Waals surface area contributed by atoms with Gasteiger partial charge < -0.3 is 14.8 Å². The van der Waals surface area contributed by atoms with Crippen molar-refractivity contribution in [3.8, 4) is 5.75 Å². The molecule has 2 aromatic carbocycles. The van der Waals surface area contributed by atoms with Crippen molar-refractivity contribution in [2.24, 2.45) is 0 Å². The minimum Gasteiger partial charge on any atom is -0.482 e. The molecular formula is C19H18Cl2N2O4S. The first kappa shape index (κ1) is 21.9. The topological polar surface area (TPSA) is 76.7 Å². The number of anilines is 1. The van der Waals surface area contributed by atoms with Crippen LogP contribution in [0, 0.1) is 0 Å². The highest BCUT2D eigenvalue weighted by Crippen LogP contribution is 2.27. The van der Waals surface area contributed by atoms with Gasteiger partial charge in [-0.3, -0.25) is 10.1 Å². The molecule has 0 fully saturated rings. The first-order valence-corrected chi connectivity index (χ1v) is 9.51. The maximum absolute atomic E-state index is 11.9. The molecule has 0 saturated heterocycles. The summed E-state index contributed by atoms with van der Waals surface area (Å²) in [4.78, 5) is 23.7. The average Bonchev–Trinajstić information content (AvgIpc) is 2.66. The molecular weight excluding hydrogens is 423 g/mol. The smallest absolute Gasteiger partial charge is 0.338 e. The minimum absolute atomic E-state index is 0.0945. The van der Waals surface area contributed by atoms with E-state index in [4.69, 9.17) is 44.9 Å². The van der Waals surface area contributed by atoms with Crippen molar-refractivity contribution in [2.75, 3.05) is 18.5 Å². The van der Waals surface area contributed by atoms with Crippen LogP contribution in [0.5, 0.6) is 5.75 Å². The largest absolute Gasteiger partial charge is 0.482 e. The Balaban J connectivity index is 1.81. The van der Waals surface area contributed by atoms with Crippen molar-refractivity contribution in [1.29, 1.82) is 0 Å². The van der Waals surface area contributed by atoms with Crippen LogP contribution in [0.15, 0.2) is 42.5 Å². The summed E-state index contributed by atoms with van der Waals surface area (Å²) in [6.45, 7) is 2.02. The number of halogens is 2. The Morgan fingerprint density at radius 3 is 2.46 bits per heavy atom. The number of carbonyl (C=O) groups is 2. The van der Waals surface area contributed by atoms with Crippen LogP contribution in [-0.2, 0) is 9.53 Å². The summed E-state index contributed by atoms with van der Waals surface area (Å²) in [6.07, 6.45) is 0.757. The monoisotopic (exact) mass is 440 g/mol. The number of thiocarbonyl (C=S) groups is 1. The molecule has 9 heteroatoms. The molecule has 0 aromatic heterocycles. The lowest BCUT2D eigenvalue weighted by Crippen LogP contribution is -2.37. The van der Waals surface area contributed by atoms with E-state index in [1.165, 1.54) is 6.07 Å². The number of ether oxygens (including phenoxy) is 2. The molecule has 0 aliphatic heterocycles. The van der Waals surface area contributed by atoms with E-state index >= 15 is 0 Å². The molecule has 0 unspecified atom stereocenters. The van der Waals surface area contributed by atoms with Gasteiger partial charge in [-0.15, -0.1) is 0 Å². The lowest BCUT2D eigenvalue weighted by molar-refractivity contribution is -0.121. The van der Waals surface area contributed by atoms with Crippen LogP contribution < -0.4 is 15.4 Å². The predicted molar refractivity (Wildman–Crippen MR) is 113 cm³/mol. The van der Waals surface area contributed by atoms with E-state index in [-0.39, 0.29) is 17.7 Å². The molecule has 0 spiro atoms. The van der Waals surface area contributed by atoms with E-state index in [0.29, 0.717) is 33.7 Å². The summed E-state index contributed by atoms with van der Waals surface area (Å²) in [7, 11) is 0. The first-order chi connectivity index (χ1) is 13.4. The third-order valence-electron chi connectivity index (χ3n) is 3.32. The summed E-state index contributed by atoms with van der Waals surface area (Å²) in [5.41, 5.74) is 1.04. The maximum Gasteiger partial charge on any atom is 0.338 e. The van der Waals surface area contributed by atoms with Crippen molar-refractivity contribution in [1.82, 2.24) is 5.32 Å². The van der Waals surface area contributed by atoms with E-state index in [9.17, 15) is 9.59 Å². The number of benzene rings is 2. The molecule has 6 nitrogen and oxygen atoms in total. The van der Waals surface area contributed by atoms with E-state index in [0.717, 1.165) is 6.42 Å². The molecule has 0 aliphatic rings. The van der Waals surface area contributed by atoms with Gasteiger partial charge in [-0.05, 0) is 61.1 Å². The summed E-state index contributed by atoms with van der Waals surface area (Å²) in [5.74, 6) is -0.504. The fraction of sp³-hybridized carbons (Fsp3) is 0.211. The zero-order chi connectivity index (χ0) is 20.5. The number of carbonyl (C=O) groups excluding carboxylic acids is 2. The molecule has 0 bridgehead atoms. The zero-order valence-corrected chi connectivity index (χ0v) is 17.3. The highest BCUT2D eigenvalue weighted by atomic mass is 35.5. The fourth-order valence-electron chi connectivity index (χ4n) is 2.03. The Kier molecular flexibility index (Phi) is 8.50. The second-order valence-electron chi connectivity index (χ2n) is 5.58. The summed E-state index contributed by atoms with van der Waals surface area (Å²) < 4.78 is 10.4. The lowest BCUT2D eigenvalue weighted by Gasteiger charge is -2.11. The highest BCUT2D eigenvalue weighted by Gasteiger charge is 2.10. The standard InChI is InChI=1S/C19H18Cl2N2O4S/c1-2-9-26-18(25)12-3-6-14(7-4-12)22-19(28)23-17(24)11-27-16-8-5-13(20)10-15(16)21/h3-8,10H,2,9,11H2,1H3,(H2,22,23,24,28).